The van der Waals surface area contributed by atoms with Gasteiger partial charge in [0, 0.05) is 55.0 Å². The zero-order valence-electron chi connectivity index (χ0n) is 15.4. The number of halogens is 1. The second kappa shape index (κ2) is 7.21. The summed E-state index contributed by atoms with van der Waals surface area (Å²) in [6, 6.07) is 7.64. The molecule has 2 aliphatic heterocycles. The number of hydrogen-bond acceptors (Lipinski definition) is 3. The molecule has 4 rings (SSSR count). The van der Waals surface area contributed by atoms with Crippen LogP contribution in [0.25, 0.3) is 10.9 Å². The molecule has 2 fully saturated rings. The lowest BCUT2D eigenvalue weighted by atomic mass is 10.0. The molecular formula is C20H24FN3O3. The lowest BCUT2D eigenvalue weighted by molar-refractivity contribution is -0.130. The Hall–Kier alpha value is -2.57. The Kier molecular flexibility index (Phi) is 4.76. The summed E-state index contributed by atoms with van der Waals surface area (Å²) in [5, 5.41) is 0.967. The molecule has 2 aromatic rings. The number of aromatic amines is 1. The molecule has 0 bridgehead atoms. The van der Waals surface area contributed by atoms with Gasteiger partial charge < -0.3 is 19.5 Å². The number of piperidine rings is 1. The number of likely N-dealkylation sites (tertiary alicyclic amines) is 2. The van der Waals surface area contributed by atoms with Crippen molar-refractivity contribution in [1.82, 2.24) is 14.8 Å². The number of rotatable bonds is 4. The Morgan fingerprint density at radius 1 is 1.30 bits per heavy atom. The normalized spacial score (nSPS) is 21.3. The highest BCUT2D eigenvalue weighted by atomic mass is 19.1. The molecule has 1 atom stereocenters. The number of fused-ring (bicyclic) bond motifs is 1. The van der Waals surface area contributed by atoms with Gasteiger partial charge in [0.2, 0.25) is 5.91 Å². The van der Waals surface area contributed by atoms with Gasteiger partial charge in [0.1, 0.15) is 11.4 Å². The van der Waals surface area contributed by atoms with Crippen LogP contribution in [-0.2, 0) is 4.79 Å². The van der Waals surface area contributed by atoms with Crippen LogP contribution in [0.3, 0.4) is 0 Å². The number of alkyl halides is 1. The fourth-order valence-corrected chi connectivity index (χ4v) is 4.16. The first kappa shape index (κ1) is 17.8. The smallest absolute Gasteiger partial charge is 0.270 e. The second-order valence-electron chi connectivity index (χ2n) is 7.43. The number of H-pyrrole nitrogens is 1. The monoisotopic (exact) mass is 373 g/mol. The van der Waals surface area contributed by atoms with Gasteiger partial charge >= 0.3 is 0 Å². The van der Waals surface area contributed by atoms with Gasteiger partial charge in [0.15, 0.2) is 0 Å². The molecule has 0 radical (unpaired) electrons. The topological polar surface area (TPSA) is 65.6 Å². The number of carbonyl (C=O) groups excluding carboxylic acids is 2. The molecule has 2 saturated heterocycles. The number of aromatic nitrogens is 1. The third kappa shape index (κ3) is 3.38. The van der Waals surface area contributed by atoms with Crippen molar-refractivity contribution in [2.24, 2.45) is 5.92 Å². The summed E-state index contributed by atoms with van der Waals surface area (Å²) in [6.07, 6.45) is 1.79. The van der Waals surface area contributed by atoms with Crippen molar-refractivity contribution < 1.29 is 18.7 Å². The van der Waals surface area contributed by atoms with Crippen LogP contribution >= 0.6 is 0 Å². The Labute approximate surface area is 157 Å². The molecule has 1 unspecified atom stereocenters. The molecule has 27 heavy (non-hydrogen) atoms. The van der Waals surface area contributed by atoms with Gasteiger partial charge in [0.05, 0.1) is 13.8 Å². The van der Waals surface area contributed by atoms with E-state index in [4.69, 9.17) is 4.74 Å². The maximum Gasteiger partial charge on any atom is 0.270 e. The molecule has 1 N–H and O–H groups in total. The summed E-state index contributed by atoms with van der Waals surface area (Å²) in [6.45, 7) is 1.28. The average Bonchev–Trinajstić information content (AvgIpc) is 3.30. The molecule has 144 valence electrons. The molecular weight excluding hydrogens is 349 g/mol. The van der Waals surface area contributed by atoms with Crippen LogP contribution in [0.1, 0.15) is 29.8 Å². The molecule has 0 aliphatic carbocycles. The highest BCUT2D eigenvalue weighted by Gasteiger charge is 2.36. The Bertz CT molecular complexity index is 857. The number of benzene rings is 1. The molecule has 7 heteroatoms. The van der Waals surface area contributed by atoms with Crippen molar-refractivity contribution in [3.05, 3.63) is 30.0 Å². The third-order valence-corrected chi connectivity index (χ3v) is 5.71. The molecule has 0 spiro atoms. The number of ether oxygens (including phenoxy) is 1. The number of nitrogens with zero attached hydrogens (tertiary/aromatic N) is 2. The van der Waals surface area contributed by atoms with E-state index in [0.717, 1.165) is 29.5 Å². The van der Waals surface area contributed by atoms with Gasteiger partial charge in [-0.2, -0.15) is 0 Å². The number of methoxy groups -OCH3 is 1. The Morgan fingerprint density at radius 3 is 2.74 bits per heavy atom. The second-order valence-corrected chi connectivity index (χ2v) is 7.43. The summed E-state index contributed by atoms with van der Waals surface area (Å²) < 4.78 is 18.1. The standard InChI is InChI=1S/C20H24FN3O3/c1-27-16-3-2-14-9-18(22-17(14)10-16)20(26)23-6-4-15(5-7-23)24-12-13(11-21)8-19(24)25/h2-3,9-10,13,15,22H,4-8,11-12H2,1H3. The highest BCUT2D eigenvalue weighted by Crippen LogP contribution is 2.27. The van der Waals surface area contributed by atoms with Crippen LogP contribution in [0, 0.1) is 5.92 Å². The van der Waals surface area contributed by atoms with Crippen LogP contribution in [0.15, 0.2) is 24.3 Å². The van der Waals surface area contributed by atoms with Crippen molar-refractivity contribution in [2.75, 3.05) is 33.4 Å². The zero-order valence-corrected chi connectivity index (χ0v) is 15.4. The summed E-state index contributed by atoms with van der Waals surface area (Å²) in [5.74, 6) is 0.594. The summed E-state index contributed by atoms with van der Waals surface area (Å²) >= 11 is 0. The third-order valence-electron chi connectivity index (χ3n) is 5.71. The largest absolute Gasteiger partial charge is 0.497 e. The van der Waals surface area contributed by atoms with Crippen LogP contribution in [0.4, 0.5) is 4.39 Å². The van der Waals surface area contributed by atoms with E-state index in [9.17, 15) is 14.0 Å². The zero-order chi connectivity index (χ0) is 19.0. The van der Waals surface area contributed by atoms with E-state index in [2.05, 4.69) is 4.98 Å². The molecule has 3 heterocycles. The molecule has 6 nitrogen and oxygen atoms in total. The minimum Gasteiger partial charge on any atom is -0.497 e. The Morgan fingerprint density at radius 2 is 2.07 bits per heavy atom. The van der Waals surface area contributed by atoms with Gasteiger partial charge in [-0.1, -0.05) is 0 Å². The maximum atomic E-state index is 12.9. The highest BCUT2D eigenvalue weighted by molar-refractivity contribution is 5.98. The molecule has 1 aromatic carbocycles. The van der Waals surface area contributed by atoms with E-state index in [0.29, 0.717) is 31.7 Å². The van der Waals surface area contributed by atoms with Crippen molar-refractivity contribution >= 4 is 22.7 Å². The predicted octanol–water partition coefficient (Wildman–Crippen LogP) is 2.60. The number of carbonyl (C=O) groups is 2. The van der Waals surface area contributed by atoms with Crippen molar-refractivity contribution in [3.63, 3.8) is 0 Å². The first-order valence-electron chi connectivity index (χ1n) is 9.40. The number of amides is 2. The van der Waals surface area contributed by atoms with E-state index < -0.39 is 6.67 Å². The van der Waals surface area contributed by atoms with Gasteiger partial charge in [0.25, 0.3) is 5.91 Å². The SMILES string of the molecule is COc1ccc2cc(C(=O)N3CCC(N4CC(CF)CC4=O)CC3)[nH]c2c1. The van der Waals surface area contributed by atoms with Gasteiger partial charge in [-0.05, 0) is 31.0 Å². The van der Waals surface area contributed by atoms with Gasteiger partial charge in [-0.15, -0.1) is 0 Å². The lowest BCUT2D eigenvalue weighted by Gasteiger charge is -2.36. The van der Waals surface area contributed by atoms with Crippen molar-refractivity contribution in [1.29, 1.82) is 0 Å². The fourth-order valence-electron chi connectivity index (χ4n) is 4.16. The minimum absolute atomic E-state index is 0.0296. The van der Waals surface area contributed by atoms with Crippen LogP contribution < -0.4 is 4.74 Å². The summed E-state index contributed by atoms with van der Waals surface area (Å²) in [5.41, 5.74) is 1.43. The van der Waals surface area contributed by atoms with Crippen LogP contribution in [0.5, 0.6) is 5.75 Å². The summed E-state index contributed by atoms with van der Waals surface area (Å²) in [4.78, 5) is 31.8. The van der Waals surface area contributed by atoms with E-state index in [-0.39, 0.29) is 23.8 Å². The quantitative estimate of drug-likeness (QED) is 0.896. The average molecular weight is 373 g/mol. The van der Waals surface area contributed by atoms with E-state index >= 15 is 0 Å². The van der Waals surface area contributed by atoms with Gasteiger partial charge in [-0.3, -0.25) is 14.0 Å². The van der Waals surface area contributed by atoms with Crippen molar-refractivity contribution in [2.45, 2.75) is 25.3 Å². The lowest BCUT2D eigenvalue weighted by Crippen LogP contribution is -2.47. The maximum absolute atomic E-state index is 12.9. The fraction of sp³-hybridized carbons (Fsp3) is 0.500. The number of nitrogens with one attached hydrogen (secondary N) is 1. The first-order chi connectivity index (χ1) is 13.1. The summed E-state index contributed by atoms with van der Waals surface area (Å²) in [7, 11) is 1.61. The predicted molar refractivity (Wildman–Crippen MR) is 99.6 cm³/mol. The molecule has 2 aliphatic rings. The van der Waals surface area contributed by atoms with E-state index in [1.165, 1.54) is 0 Å². The minimum atomic E-state index is -0.440. The molecule has 1 aromatic heterocycles. The van der Waals surface area contributed by atoms with Crippen LogP contribution in [-0.4, -0.2) is 66.1 Å². The molecule has 0 saturated carbocycles. The molecule has 2 amide bonds. The van der Waals surface area contributed by atoms with Crippen molar-refractivity contribution in [3.8, 4) is 5.75 Å². The van der Waals surface area contributed by atoms with E-state index in [1.807, 2.05) is 34.1 Å². The van der Waals surface area contributed by atoms with E-state index in [1.54, 1.807) is 7.11 Å². The Balaban J connectivity index is 1.41. The van der Waals surface area contributed by atoms with Gasteiger partial charge in [-0.25, -0.2) is 0 Å². The first-order valence-corrected chi connectivity index (χ1v) is 9.40. The number of hydrogen-bond donors (Lipinski definition) is 1. The van der Waals surface area contributed by atoms with Crippen LogP contribution in [0.2, 0.25) is 0 Å².